The number of anilines is 2. The smallest absolute Gasteiger partial charge is 0.410 e. The lowest BCUT2D eigenvalue weighted by molar-refractivity contribution is 0.209. The second-order valence-electron chi connectivity index (χ2n) is 6.33. The van der Waals surface area contributed by atoms with E-state index in [0.717, 1.165) is 41.9 Å². The van der Waals surface area contributed by atoms with Crippen LogP contribution >= 0.6 is 0 Å². The third-order valence-corrected chi connectivity index (χ3v) is 4.64. The lowest BCUT2D eigenvalue weighted by Gasteiger charge is -2.21. The second kappa shape index (κ2) is 6.25. The summed E-state index contributed by atoms with van der Waals surface area (Å²) >= 11 is 0. The number of hydrogen-bond donors (Lipinski definition) is 3. The van der Waals surface area contributed by atoms with Crippen molar-refractivity contribution in [3.63, 3.8) is 0 Å². The molecule has 0 spiro atoms. The number of amides is 1. The highest BCUT2D eigenvalue weighted by Crippen LogP contribution is 2.35. The van der Waals surface area contributed by atoms with Crippen LogP contribution in [-0.2, 0) is 6.42 Å². The highest BCUT2D eigenvalue weighted by atomic mass is 19.1. The van der Waals surface area contributed by atoms with Gasteiger partial charge in [0.05, 0.1) is 11.4 Å². The molecule has 3 heterocycles. The molecule has 0 saturated carbocycles. The van der Waals surface area contributed by atoms with Crippen molar-refractivity contribution in [3.8, 4) is 11.1 Å². The molecular weight excluding hydrogens is 335 g/mol. The SMILES string of the molecule is Cc1c(-c2cc3cc(NC(=O)O)ncc3cc2F)cnc2c1NCCC2. The Bertz CT molecular complexity index is 1040. The van der Waals surface area contributed by atoms with Crippen LogP contribution in [0.1, 0.15) is 17.7 Å². The fourth-order valence-corrected chi connectivity index (χ4v) is 3.37. The molecule has 0 unspecified atom stereocenters. The molecule has 0 radical (unpaired) electrons. The minimum atomic E-state index is -1.19. The van der Waals surface area contributed by atoms with Crippen LogP contribution < -0.4 is 10.6 Å². The van der Waals surface area contributed by atoms with E-state index in [1.54, 1.807) is 18.3 Å². The van der Waals surface area contributed by atoms with Gasteiger partial charge in [-0.2, -0.15) is 0 Å². The Balaban J connectivity index is 1.85. The number of benzene rings is 1. The van der Waals surface area contributed by atoms with Crippen molar-refractivity contribution in [2.24, 2.45) is 0 Å². The lowest BCUT2D eigenvalue weighted by atomic mass is 9.96. The Morgan fingerprint density at radius 2 is 2.04 bits per heavy atom. The van der Waals surface area contributed by atoms with E-state index in [0.29, 0.717) is 16.3 Å². The van der Waals surface area contributed by atoms with Crippen LogP contribution in [0.3, 0.4) is 0 Å². The zero-order valence-corrected chi connectivity index (χ0v) is 14.1. The normalized spacial score (nSPS) is 13.2. The van der Waals surface area contributed by atoms with Crippen molar-refractivity contribution in [3.05, 3.63) is 47.7 Å². The van der Waals surface area contributed by atoms with Crippen molar-refractivity contribution < 1.29 is 14.3 Å². The molecule has 2 aromatic heterocycles. The zero-order chi connectivity index (χ0) is 18.3. The van der Waals surface area contributed by atoms with E-state index in [9.17, 15) is 9.18 Å². The molecule has 0 atom stereocenters. The monoisotopic (exact) mass is 352 g/mol. The Labute approximate surface area is 149 Å². The minimum absolute atomic E-state index is 0.199. The van der Waals surface area contributed by atoms with Crippen LogP contribution in [0.15, 0.2) is 30.6 Å². The molecule has 1 aliphatic rings. The molecule has 3 aromatic rings. The third-order valence-electron chi connectivity index (χ3n) is 4.64. The summed E-state index contributed by atoms with van der Waals surface area (Å²) in [6, 6.07) is 4.71. The maximum atomic E-state index is 14.7. The minimum Gasteiger partial charge on any atom is -0.465 e. The number of fused-ring (bicyclic) bond motifs is 2. The number of carbonyl (C=O) groups is 1. The Morgan fingerprint density at radius 1 is 1.19 bits per heavy atom. The van der Waals surface area contributed by atoms with Crippen LogP contribution in [0.5, 0.6) is 0 Å². The van der Waals surface area contributed by atoms with E-state index in [-0.39, 0.29) is 11.6 Å². The number of rotatable bonds is 2. The fraction of sp³-hybridized carbons (Fsp3) is 0.211. The third kappa shape index (κ3) is 2.81. The van der Waals surface area contributed by atoms with Gasteiger partial charge in [0.15, 0.2) is 0 Å². The van der Waals surface area contributed by atoms with E-state index in [4.69, 9.17) is 5.11 Å². The van der Waals surface area contributed by atoms with Gasteiger partial charge in [0, 0.05) is 35.5 Å². The number of nitrogens with one attached hydrogen (secondary N) is 2. The number of nitrogens with zero attached hydrogens (tertiary/aromatic N) is 2. The molecule has 132 valence electrons. The summed E-state index contributed by atoms with van der Waals surface area (Å²) in [5, 5.41) is 15.7. The van der Waals surface area contributed by atoms with Crippen LogP contribution in [0.2, 0.25) is 0 Å². The van der Waals surface area contributed by atoms with Crippen molar-refractivity contribution in [2.45, 2.75) is 19.8 Å². The number of aryl methyl sites for hydroxylation is 1. The summed E-state index contributed by atoms with van der Waals surface area (Å²) in [4.78, 5) is 19.3. The van der Waals surface area contributed by atoms with Gasteiger partial charge in [0.1, 0.15) is 11.6 Å². The molecule has 3 N–H and O–H groups in total. The first kappa shape index (κ1) is 16.3. The van der Waals surface area contributed by atoms with Crippen LogP contribution in [-0.4, -0.2) is 27.7 Å². The molecule has 0 saturated heterocycles. The molecule has 6 nitrogen and oxygen atoms in total. The standard InChI is InChI=1S/C19H17FN4O2/c1-10-14(9-22-16-3-2-4-21-18(10)16)13-5-11-7-17(24-19(25)26)23-8-12(11)6-15(13)20/h5-9,21H,2-4H2,1H3,(H,23,24)(H,25,26). The summed E-state index contributed by atoms with van der Waals surface area (Å²) in [7, 11) is 0. The second-order valence-corrected chi connectivity index (χ2v) is 6.33. The average molecular weight is 352 g/mol. The predicted molar refractivity (Wildman–Crippen MR) is 98.1 cm³/mol. The highest BCUT2D eigenvalue weighted by molar-refractivity contribution is 5.92. The van der Waals surface area contributed by atoms with Gasteiger partial charge in [-0.05, 0) is 48.9 Å². The molecule has 7 heteroatoms. The lowest BCUT2D eigenvalue weighted by Crippen LogP contribution is -2.15. The molecule has 0 bridgehead atoms. The van der Waals surface area contributed by atoms with Crippen molar-refractivity contribution in [1.29, 1.82) is 0 Å². The topological polar surface area (TPSA) is 87.1 Å². The molecule has 1 aliphatic heterocycles. The zero-order valence-electron chi connectivity index (χ0n) is 14.1. The van der Waals surface area contributed by atoms with Gasteiger partial charge < -0.3 is 10.4 Å². The van der Waals surface area contributed by atoms with Crippen LogP contribution in [0.4, 0.5) is 20.7 Å². The summed E-state index contributed by atoms with van der Waals surface area (Å²) < 4.78 is 14.7. The number of aromatic nitrogens is 2. The fourth-order valence-electron chi connectivity index (χ4n) is 3.37. The number of halogens is 1. The first-order chi connectivity index (χ1) is 12.5. The first-order valence-electron chi connectivity index (χ1n) is 8.35. The maximum Gasteiger partial charge on any atom is 0.410 e. The Morgan fingerprint density at radius 3 is 2.85 bits per heavy atom. The van der Waals surface area contributed by atoms with Crippen LogP contribution in [0.25, 0.3) is 21.9 Å². The van der Waals surface area contributed by atoms with E-state index in [2.05, 4.69) is 20.6 Å². The van der Waals surface area contributed by atoms with E-state index in [1.165, 1.54) is 12.3 Å². The average Bonchev–Trinajstić information content (AvgIpc) is 2.62. The molecule has 4 rings (SSSR count). The van der Waals surface area contributed by atoms with Gasteiger partial charge in [0.2, 0.25) is 0 Å². The van der Waals surface area contributed by atoms with Crippen molar-refractivity contribution in [2.75, 3.05) is 17.2 Å². The van der Waals surface area contributed by atoms with E-state index >= 15 is 0 Å². The summed E-state index contributed by atoms with van der Waals surface area (Å²) in [5.74, 6) is -0.164. The van der Waals surface area contributed by atoms with E-state index < -0.39 is 6.09 Å². The molecule has 1 amide bonds. The van der Waals surface area contributed by atoms with Crippen LogP contribution in [0, 0.1) is 12.7 Å². The predicted octanol–water partition coefficient (Wildman–Crippen LogP) is 4.19. The Hall–Kier alpha value is -3.22. The molecule has 26 heavy (non-hydrogen) atoms. The van der Waals surface area contributed by atoms with Crippen molar-refractivity contribution >= 4 is 28.4 Å². The van der Waals surface area contributed by atoms with Gasteiger partial charge in [-0.15, -0.1) is 0 Å². The summed E-state index contributed by atoms with van der Waals surface area (Å²) in [6.07, 6.45) is 3.92. The molecule has 1 aromatic carbocycles. The number of hydrogen-bond acceptors (Lipinski definition) is 4. The maximum absolute atomic E-state index is 14.7. The largest absolute Gasteiger partial charge is 0.465 e. The van der Waals surface area contributed by atoms with Gasteiger partial charge in [-0.1, -0.05) is 0 Å². The Kier molecular flexibility index (Phi) is 3.91. The molecular formula is C19H17FN4O2. The van der Waals surface area contributed by atoms with Crippen molar-refractivity contribution in [1.82, 2.24) is 9.97 Å². The number of carboxylic acid groups (broad SMARTS) is 1. The van der Waals surface area contributed by atoms with Gasteiger partial charge in [-0.3, -0.25) is 10.3 Å². The van der Waals surface area contributed by atoms with Gasteiger partial charge in [0.25, 0.3) is 0 Å². The molecule has 0 fully saturated rings. The van der Waals surface area contributed by atoms with E-state index in [1.807, 2.05) is 6.92 Å². The summed E-state index contributed by atoms with van der Waals surface area (Å²) in [6.45, 7) is 2.84. The first-order valence-corrected chi connectivity index (χ1v) is 8.35. The van der Waals surface area contributed by atoms with Gasteiger partial charge in [-0.25, -0.2) is 14.2 Å². The quantitative estimate of drug-likeness (QED) is 0.644. The molecule has 0 aliphatic carbocycles. The summed E-state index contributed by atoms with van der Waals surface area (Å²) in [5.41, 5.74) is 4.12. The number of pyridine rings is 2. The highest BCUT2D eigenvalue weighted by Gasteiger charge is 2.18. The van der Waals surface area contributed by atoms with Gasteiger partial charge >= 0.3 is 6.09 Å².